The van der Waals surface area contributed by atoms with Gasteiger partial charge in [-0.25, -0.2) is 5.84 Å². The number of nitrogens with two attached hydrogens (primary N) is 1. The largest absolute Gasteiger partial charge is 0.307 e. The number of hydrogen-bond acceptors (Lipinski definition) is 5. The molecule has 2 aromatic rings. The van der Waals surface area contributed by atoms with E-state index in [-0.39, 0.29) is 0 Å². The first kappa shape index (κ1) is 8.15. The molecule has 0 radical (unpaired) electrons. The summed E-state index contributed by atoms with van der Waals surface area (Å²) in [7, 11) is 0. The highest BCUT2D eigenvalue weighted by Crippen LogP contribution is 2.19. The van der Waals surface area contributed by atoms with Gasteiger partial charge >= 0.3 is 0 Å². The fraction of sp³-hybridized carbons (Fsp3) is 0. The molecule has 0 aliphatic carbocycles. The molecule has 13 heavy (non-hydrogen) atoms. The van der Waals surface area contributed by atoms with E-state index in [1.807, 2.05) is 22.9 Å². The van der Waals surface area contributed by atoms with Gasteiger partial charge in [0.2, 0.25) is 0 Å². The third kappa shape index (κ3) is 1.66. The lowest BCUT2D eigenvalue weighted by molar-refractivity contribution is 1.03. The Morgan fingerprint density at radius 2 is 2.15 bits per heavy atom. The van der Waals surface area contributed by atoms with Crippen molar-refractivity contribution in [2.24, 2.45) is 5.84 Å². The van der Waals surface area contributed by atoms with Crippen molar-refractivity contribution < 1.29 is 0 Å². The van der Waals surface area contributed by atoms with Crippen molar-refractivity contribution in [2.45, 2.75) is 0 Å². The van der Waals surface area contributed by atoms with E-state index in [0.29, 0.717) is 5.82 Å². The molecule has 0 amide bonds. The number of anilines is 1. The second kappa shape index (κ2) is 3.51. The molecule has 0 atom stereocenters. The summed E-state index contributed by atoms with van der Waals surface area (Å²) in [5, 5.41) is 11.9. The Bertz CT molecular complexity index is 368. The summed E-state index contributed by atoms with van der Waals surface area (Å²) in [5.74, 6) is 5.74. The van der Waals surface area contributed by atoms with Crippen LogP contribution < -0.4 is 11.3 Å². The van der Waals surface area contributed by atoms with Crippen LogP contribution in [0, 0.1) is 0 Å². The Morgan fingerprint density at radius 1 is 1.23 bits per heavy atom. The monoisotopic (exact) mass is 192 g/mol. The zero-order valence-electron chi connectivity index (χ0n) is 6.77. The lowest BCUT2D eigenvalue weighted by Crippen LogP contribution is -2.08. The second-order valence-electron chi connectivity index (χ2n) is 2.46. The first-order chi connectivity index (χ1) is 6.40. The summed E-state index contributed by atoms with van der Waals surface area (Å²) >= 11 is 1.64. The van der Waals surface area contributed by atoms with Gasteiger partial charge in [-0.05, 0) is 23.6 Å². The van der Waals surface area contributed by atoms with Crippen molar-refractivity contribution in [3.63, 3.8) is 0 Å². The Labute approximate surface area is 79.4 Å². The molecule has 0 aromatic carbocycles. The highest BCUT2D eigenvalue weighted by atomic mass is 32.1. The standard InChI is InChI=1S/C8H8N4S/c9-10-8-2-1-7(11-12-8)6-3-4-13-5-6/h1-5H,9H2,(H,10,12). The molecule has 66 valence electrons. The van der Waals surface area contributed by atoms with E-state index in [4.69, 9.17) is 5.84 Å². The Balaban J connectivity index is 2.33. The maximum Gasteiger partial charge on any atom is 0.162 e. The molecule has 0 fully saturated rings. The van der Waals surface area contributed by atoms with Crippen molar-refractivity contribution in [3.8, 4) is 11.3 Å². The number of nitrogen functional groups attached to an aromatic ring is 1. The number of nitrogens with one attached hydrogen (secondary N) is 1. The number of nitrogens with zero attached hydrogens (tertiary/aromatic N) is 2. The molecule has 0 saturated heterocycles. The molecule has 0 spiro atoms. The zero-order chi connectivity index (χ0) is 9.10. The number of hydrogen-bond donors (Lipinski definition) is 2. The number of rotatable bonds is 2. The lowest BCUT2D eigenvalue weighted by Gasteiger charge is -1.98. The Kier molecular flexibility index (Phi) is 2.20. The summed E-state index contributed by atoms with van der Waals surface area (Å²) in [6.07, 6.45) is 0. The van der Waals surface area contributed by atoms with E-state index in [1.54, 1.807) is 17.4 Å². The lowest BCUT2D eigenvalue weighted by atomic mass is 10.2. The maximum absolute atomic E-state index is 5.17. The predicted molar refractivity (Wildman–Crippen MR) is 53.2 cm³/mol. The summed E-state index contributed by atoms with van der Waals surface area (Å²) < 4.78 is 0. The Hall–Kier alpha value is -1.46. The average molecular weight is 192 g/mol. The highest BCUT2D eigenvalue weighted by Gasteiger charge is 1.99. The number of hydrazine groups is 1. The molecule has 0 saturated carbocycles. The average Bonchev–Trinajstić information content (AvgIpc) is 2.71. The minimum atomic E-state index is 0.568. The molecular weight excluding hydrogens is 184 g/mol. The zero-order valence-corrected chi connectivity index (χ0v) is 7.58. The van der Waals surface area contributed by atoms with Gasteiger partial charge in [-0.3, -0.25) is 0 Å². The number of thiophene rings is 1. The SMILES string of the molecule is NNc1ccc(-c2ccsc2)nn1. The highest BCUT2D eigenvalue weighted by molar-refractivity contribution is 7.08. The van der Waals surface area contributed by atoms with Crippen LogP contribution in [0.1, 0.15) is 0 Å². The van der Waals surface area contributed by atoms with Crippen LogP contribution in [0.3, 0.4) is 0 Å². The van der Waals surface area contributed by atoms with E-state index in [1.165, 1.54) is 0 Å². The van der Waals surface area contributed by atoms with Gasteiger partial charge < -0.3 is 5.43 Å². The minimum absolute atomic E-state index is 0.568. The molecule has 3 N–H and O–H groups in total. The molecule has 2 aromatic heterocycles. The topological polar surface area (TPSA) is 63.8 Å². The molecule has 0 bridgehead atoms. The van der Waals surface area contributed by atoms with Crippen LogP contribution >= 0.6 is 11.3 Å². The summed E-state index contributed by atoms with van der Waals surface area (Å²) in [6, 6.07) is 5.68. The third-order valence-electron chi connectivity index (χ3n) is 1.63. The Morgan fingerprint density at radius 3 is 2.69 bits per heavy atom. The summed E-state index contributed by atoms with van der Waals surface area (Å²) in [6.45, 7) is 0. The van der Waals surface area contributed by atoms with Gasteiger partial charge in [0.05, 0.1) is 5.69 Å². The van der Waals surface area contributed by atoms with Crippen molar-refractivity contribution >= 4 is 17.2 Å². The van der Waals surface area contributed by atoms with Crippen molar-refractivity contribution in [3.05, 3.63) is 29.0 Å². The molecule has 5 heteroatoms. The van der Waals surface area contributed by atoms with E-state index in [0.717, 1.165) is 11.3 Å². The van der Waals surface area contributed by atoms with E-state index in [9.17, 15) is 0 Å². The van der Waals surface area contributed by atoms with E-state index < -0.39 is 0 Å². The van der Waals surface area contributed by atoms with Crippen LogP contribution in [0.5, 0.6) is 0 Å². The number of aromatic nitrogens is 2. The van der Waals surface area contributed by atoms with Gasteiger partial charge in [0, 0.05) is 10.9 Å². The van der Waals surface area contributed by atoms with Crippen LogP contribution in [-0.2, 0) is 0 Å². The van der Waals surface area contributed by atoms with Gasteiger partial charge in [-0.15, -0.1) is 10.2 Å². The van der Waals surface area contributed by atoms with Crippen molar-refractivity contribution in [2.75, 3.05) is 5.43 Å². The second-order valence-corrected chi connectivity index (χ2v) is 3.24. The van der Waals surface area contributed by atoms with Gasteiger partial charge in [-0.2, -0.15) is 11.3 Å². The fourth-order valence-corrected chi connectivity index (χ4v) is 1.62. The van der Waals surface area contributed by atoms with Gasteiger partial charge in [0.15, 0.2) is 5.82 Å². The van der Waals surface area contributed by atoms with Gasteiger partial charge in [0.1, 0.15) is 0 Å². The maximum atomic E-state index is 5.17. The fourth-order valence-electron chi connectivity index (χ4n) is 0.973. The molecule has 4 nitrogen and oxygen atoms in total. The van der Waals surface area contributed by atoms with Crippen LogP contribution in [0.4, 0.5) is 5.82 Å². The molecular formula is C8H8N4S. The molecule has 0 unspecified atom stereocenters. The van der Waals surface area contributed by atoms with Crippen LogP contribution in [-0.4, -0.2) is 10.2 Å². The predicted octanol–water partition coefficient (Wildman–Crippen LogP) is 1.49. The van der Waals surface area contributed by atoms with Crippen LogP contribution in [0.2, 0.25) is 0 Å². The van der Waals surface area contributed by atoms with Crippen LogP contribution in [0.15, 0.2) is 29.0 Å². The first-order valence-electron chi connectivity index (χ1n) is 3.73. The quantitative estimate of drug-likeness (QED) is 0.559. The minimum Gasteiger partial charge on any atom is -0.307 e. The third-order valence-corrected chi connectivity index (χ3v) is 2.31. The van der Waals surface area contributed by atoms with Crippen LogP contribution in [0.25, 0.3) is 11.3 Å². The van der Waals surface area contributed by atoms with Crippen molar-refractivity contribution in [1.29, 1.82) is 0 Å². The molecule has 2 rings (SSSR count). The normalized spacial score (nSPS) is 9.92. The summed E-state index contributed by atoms with van der Waals surface area (Å²) in [4.78, 5) is 0. The van der Waals surface area contributed by atoms with E-state index >= 15 is 0 Å². The molecule has 2 heterocycles. The summed E-state index contributed by atoms with van der Waals surface area (Å²) in [5.41, 5.74) is 4.37. The first-order valence-corrected chi connectivity index (χ1v) is 4.67. The molecule has 0 aliphatic heterocycles. The molecule has 0 aliphatic rings. The smallest absolute Gasteiger partial charge is 0.162 e. The van der Waals surface area contributed by atoms with E-state index in [2.05, 4.69) is 15.6 Å². The van der Waals surface area contributed by atoms with Gasteiger partial charge in [0.25, 0.3) is 0 Å². The van der Waals surface area contributed by atoms with Crippen molar-refractivity contribution in [1.82, 2.24) is 10.2 Å². The van der Waals surface area contributed by atoms with Gasteiger partial charge in [-0.1, -0.05) is 0 Å².